The first-order chi connectivity index (χ1) is 35.5. The van der Waals surface area contributed by atoms with Gasteiger partial charge < -0.3 is 13.9 Å². The molecule has 276 valence electrons. The van der Waals surface area contributed by atoms with Crippen LogP contribution in [-0.2, 0) is 0 Å². The van der Waals surface area contributed by atoms with E-state index in [1.165, 1.54) is 4.90 Å². The first kappa shape index (κ1) is 21.6. The van der Waals surface area contributed by atoms with Gasteiger partial charge in [0.1, 0.15) is 11.2 Å². The Morgan fingerprint density at radius 3 is 2.10 bits per heavy atom. The van der Waals surface area contributed by atoms with Crippen molar-refractivity contribution in [2.45, 2.75) is 0 Å². The van der Waals surface area contributed by atoms with Gasteiger partial charge in [-0.25, -0.2) is 0 Å². The van der Waals surface area contributed by atoms with Gasteiger partial charge in [0.15, 0.2) is 0 Å². The molecule has 12 rings (SSSR count). The van der Waals surface area contributed by atoms with Crippen LogP contribution in [0.25, 0.3) is 93.2 Å². The fourth-order valence-corrected chi connectivity index (χ4v) is 8.19. The van der Waals surface area contributed by atoms with E-state index in [0.717, 1.165) is 32.9 Å². The molecule has 0 unspecified atom stereocenters. The summed E-state index contributed by atoms with van der Waals surface area (Å²) in [6.45, 7) is 0. The number of fused-ring (bicyclic) bond motifs is 9. The van der Waals surface area contributed by atoms with Crippen LogP contribution in [0.5, 0.6) is 0 Å². The van der Waals surface area contributed by atoms with Gasteiger partial charge in [0.2, 0.25) is 0 Å². The van der Waals surface area contributed by atoms with Gasteiger partial charge in [-0.3, -0.25) is 0 Å². The predicted octanol–water partition coefficient (Wildman–Crippen LogP) is 15.8. The lowest BCUT2D eigenvalue weighted by Gasteiger charge is -2.27. The Morgan fingerprint density at radius 2 is 1.20 bits per heavy atom. The van der Waals surface area contributed by atoms with Gasteiger partial charge in [-0.05, 0) is 111 Å². The summed E-state index contributed by atoms with van der Waals surface area (Å²) in [6, 6.07) is 28.9. The van der Waals surface area contributed by atoms with Crippen molar-refractivity contribution in [3.05, 3.63) is 218 Å². The van der Waals surface area contributed by atoms with E-state index in [1.807, 2.05) is 97.1 Å². The standard InChI is InChI=1S/C56H36N2O/c1-2-17-43(18-3-1)58-50-23-9-8-21-48(50)54-46(22-11-24-51(54)58)42-16-10-19-45(36-42)57(44-32-29-38(30-33-44)41-28-27-37-13-4-5-15-40(37)35-41)52-25-12-26-53-55(52)49-34-31-39-14-6-7-20-47(39)56(49)59-53/h1-36H/i4D,5D,10D,13D,15D,16D,19D,27D,28D,29D,30D,32D,33D,35D,36D. The zero-order chi connectivity index (χ0) is 51.9. The minimum Gasteiger partial charge on any atom is -0.455 e. The highest BCUT2D eigenvalue weighted by Crippen LogP contribution is 2.46. The first-order valence-electron chi connectivity index (χ1n) is 26.5. The van der Waals surface area contributed by atoms with Gasteiger partial charge >= 0.3 is 0 Å². The van der Waals surface area contributed by atoms with Crippen molar-refractivity contribution in [2.24, 2.45) is 0 Å². The molecule has 0 radical (unpaired) electrons. The largest absolute Gasteiger partial charge is 0.455 e. The molecule has 2 heterocycles. The molecular formula is C56H36N2O. The fourth-order valence-electron chi connectivity index (χ4n) is 8.19. The van der Waals surface area contributed by atoms with Gasteiger partial charge in [-0.15, -0.1) is 0 Å². The first-order valence-corrected chi connectivity index (χ1v) is 19.0. The van der Waals surface area contributed by atoms with E-state index in [2.05, 4.69) is 4.57 Å². The highest BCUT2D eigenvalue weighted by atomic mass is 16.3. The van der Waals surface area contributed by atoms with Crippen LogP contribution >= 0.6 is 0 Å². The third-order valence-corrected chi connectivity index (χ3v) is 10.8. The van der Waals surface area contributed by atoms with Crippen LogP contribution in [0, 0.1) is 0 Å². The summed E-state index contributed by atoms with van der Waals surface area (Å²) in [4.78, 5) is 1.23. The van der Waals surface area contributed by atoms with Crippen molar-refractivity contribution in [2.75, 3.05) is 4.90 Å². The number of hydrogen-bond acceptors (Lipinski definition) is 2. The molecule has 2 aromatic heterocycles. The Hall–Kier alpha value is -7.88. The lowest BCUT2D eigenvalue weighted by Crippen LogP contribution is -2.10. The lowest BCUT2D eigenvalue weighted by molar-refractivity contribution is 0.672. The summed E-state index contributed by atoms with van der Waals surface area (Å²) in [5.74, 6) is 0. The van der Waals surface area contributed by atoms with E-state index in [4.69, 9.17) is 12.6 Å². The number of aromatic nitrogens is 1. The second kappa shape index (κ2) is 13.4. The van der Waals surface area contributed by atoms with Gasteiger partial charge in [-0.1, -0.05) is 145 Å². The molecule has 0 atom stereocenters. The van der Waals surface area contributed by atoms with Crippen molar-refractivity contribution < 1.29 is 25.0 Å². The zero-order valence-corrected chi connectivity index (χ0v) is 30.9. The third kappa shape index (κ3) is 5.36. The van der Waals surface area contributed by atoms with E-state index in [0.29, 0.717) is 32.9 Å². The molecule has 0 aliphatic heterocycles. The molecule has 12 aromatic rings. The average Bonchev–Trinajstić information content (AvgIpc) is 3.98. The minimum absolute atomic E-state index is 0.0453. The summed E-state index contributed by atoms with van der Waals surface area (Å²) in [6.07, 6.45) is 0. The predicted molar refractivity (Wildman–Crippen MR) is 249 cm³/mol. The number of anilines is 3. The highest BCUT2D eigenvalue weighted by Gasteiger charge is 2.22. The maximum absolute atomic E-state index is 10.3. The van der Waals surface area contributed by atoms with Crippen molar-refractivity contribution in [1.82, 2.24) is 4.57 Å². The third-order valence-electron chi connectivity index (χ3n) is 10.8. The maximum Gasteiger partial charge on any atom is 0.143 e. The number of benzene rings is 10. The van der Waals surface area contributed by atoms with E-state index < -0.39 is 118 Å². The average molecular weight is 768 g/mol. The second-order valence-corrected chi connectivity index (χ2v) is 14.1. The molecule has 0 fully saturated rings. The number of para-hydroxylation sites is 2. The molecule has 3 heteroatoms. The number of nitrogens with zero attached hydrogens (tertiary/aromatic N) is 2. The summed E-state index contributed by atoms with van der Waals surface area (Å²) in [7, 11) is 0. The van der Waals surface area contributed by atoms with Crippen LogP contribution in [0.4, 0.5) is 17.1 Å². The van der Waals surface area contributed by atoms with Gasteiger partial charge in [0.25, 0.3) is 0 Å². The van der Waals surface area contributed by atoms with E-state index >= 15 is 0 Å². The van der Waals surface area contributed by atoms with Gasteiger partial charge in [0.05, 0.1) is 42.7 Å². The van der Waals surface area contributed by atoms with Crippen LogP contribution < -0.4 is 4.90 Å². The topological polar surface area (TPSA) is 21.3 Å². The van der Waals surface area contributed by atoms with Crippen molar-refractivity contribution in [1.29, 1.82) is 0 Å². The second-order valence-electron chi connectivity index (χ2n) is 14.1. The molecule has 3 nitrogen and oxygen atoms in total. The smallest absolute Gasteiger partial charge is 0.143 e. The molecule has 0 bridgehead atoms. The van der Waals surface area contributed by atoms with Crippen molar-refractivity contribution >= 4 is 82.4 Å². The Morgan fingerprint density at radius 1 is 0.441 bits per heavy atom. The normalized spacial score (nSPS) is 15.3. The quantitative estimate of drug-likeness (QED) is 0.168. The van der Waals surface area contributed by atoms with E-state index in [-0.39, 0.29) is 16.9 Å². The minimum atomic E-state index is -0.803. The SMILES string of the molecule is [2H]c1c([2H])c(-c2cccc3c2c2ccccc2n3-c2ccccc2)c([2H])c(N(c2c([2H])c([2H])c(-c3c([2H])c([2H])c4c([2H])c([2H])c([2H])c([2H])c4c3[2H])c([2H])c2[2H])c2cccc3oc4c5ccccc5ccc4c23)c1[2H]. The van der Waals surface area contributed by atoms with Crippen LogP contribution in [0.3, 0.4) is 0 Å². The zero-order valence-electron chi connectivity index (χ0n) is 45.9. The molecule has 0 amide bonds. The maximum atomic E-state index is 10.3. The van der Waals surface area contributed by atoms with Crippen LogP contribution in [0.1, 0.15) is 20.6 Å². The highest BCUT2D eigenvalue weighted by molar-refractivity contribution is 6.20. The molecule has 0 aliphatic rings. The molecule has 10 aromatic carbocycles. The Bertz CT molecular complexity index is 4430. The van der Waals surface area contributed by atoms with Gasteiger partial charge in [-0.2, -0.15) is 0 Å². The number of furan rings is 1. The van der Waals surface area contributed by atoms with E-state index in [9.17, 15) is 12.3 Å². The van der Waals surface area contributed by atoms with Crippen molar-refractivity contribution in [3.8, 4) is 27.9 Å². The summed E-state index contributed by atoms with van der Waals surface area (Å²) in [5, 5.41) is 3.17. The molecule has 0 aliphatic carbocycles. The van der Waals surface area contributed by atoms with Crippen LogP contribution in [0.2, 0.25) is 0 Å². The molecule has 0 N–H and O–H groups in total. The fraction of sp³-hybridized carbons (Fsp3) is 0. The van der Waals surface area contributed by atoms with Crippen LogP contribution in [0.15, 0.2) is 222 Å². The number of rotatable bonds is 6. The molecule has 0 spiro atoms. The van der Waals surface area contributed by atoms with Crippen LogP contribution in [-0.4, -0.2) is 4.57 Å². The Labute approximate surface area is 362 Å². The summed E-state index contributed by atoms with van der Waals surface area (Å²) < 4.78 is 148. The Balaban J connectivity index is 1.20. The molecule has 59 heavy (non-hydrogen) atoms. The summed E-state index contributed by atoms with van der Waals surface area (Å²) in [5.41, 5.74) is 1.66. The summed E-state index contributed by atoms with van der Waals surface area (Å²) >= 11 is 0. The molecule has 0 saturated heterocycles. The Kier molecular flexibility index (Phi) is 4.89. The van der Waals surface area contributed by atoms with Gasteiger partial charge in [0, 0.05) is 38.6 Å². The molecule has 0 saturated carbocycles. The van der Waals surface area contributed by atoms with Crippen molar-refractivity contribution in [3.63, 3.8) is 0 Å². The number of hydrogen-bond donors (Lipinski definition) is 0. The lowest BCUT2D eigenvalue weighted by atomic mass is 9.98. The van der Waals surface area contributed by atoms with E-state index in [1.54, 1.807) is 30.3 Å². The molecular weight excluding hydrogens is 717 g/mol. The monoisotopic (exact) mass is 767 g/mol.